The van der Waals surface area contributed by atoms with Gasteiger partial charge in [-0.3, -0.25) is 28.8 Å². The zero-order valence-electron chi connectivity index (χ0n) is 25.1. The molecule has 2 unspecified atom stereocenters. The smallest absolute Gasteiger partial charge is 0.328 e. The molecule has 3 amide bonds. The second kappa shape index (κ2) is 12.5. The molecular formula is C32H38F2IN5O4. The van der Waals surface area contributed by atoms with Gasteiger partial charge in [-0.25, -0.2) is 13.6 Å². The molecule has 3 aromatic rings. The second-order valence-corrected chi connectivity index (χ2v) is 11.8. The summed E-state index contributed by atoms with van der Waals surface area (Å²) in [5.41, 5.74) is 0.101. The molecule has 9 nitrogen and oxygen atoms in total. The molecule has 44 heavy (non-hydrogen) atoms. The molecule has 1 saturated carbocycles. The second-order valence-electron chi connectivity index (χ2n) is 11.8. The Morgan fingerprint density at radius 1 is 1.07 bits per heavy atom. The number of ether oxygens (including phenoxy) is 1. The Balaban J connectivity index is 0.000000924. The van der Waals surface area contributed by atoms with E-state index in [9.17, 15) is 19.1 Å². The first-order chi connectivity index (χ1) is 21.1. The van der Waals surface area contributed by atoms with E-state index >= 15 is 4.39 Å². The number of rotatable bonds is 5. The van der Waals surface area contributed by atoms with Crippen LogP contribution in [0.3, 0.4) is 0 Å². The molecule has 3 aliphatic heterocycles. The summed E-state index contributed by atoms with van der Waals surface area (Å²) in [7, 11) is 0. The van der Waals surface area contributed by atoms with Crippen LogP contribution in [0.15, 0.2) is 42.6 Å². The molecule has 4 aliphatic rings. The van der Waals surface area contributed by atoms with Crippen LogP contribution in [0.1, 0.15) is 69.6 Å². The Morgan fingerprint density at radius 2 is 1.80 bits per heavy atom. The molecule has 4 heterocycles. The van der Waals surface area contributed by atoms with E-state index in [1.807, 2.05) is 26.8 Å². The molecular weight excluding hydrogens is 683 g/mol. The highest BCUT2D eigenvalue weighted by Crippen LogP contribution is 2.61. The summed E-state index contributed by atoms with van der Waals surface area (Å²) < 4.78 is 41.7. The van der Waals surface area contributed by atoms with E-state index in [1.165, 1.54) is 17.2 Å². The average molecular weight is 722 g/mol. The van der Waals surface area contributed by atoms with Crippen molar-refractivity contribution in [3.63, 3.8) is 0 Å². The fraction of sp³-hybridized carbons (Fsp3) is 0.469. The van der Waals surface area contributed by atoms with Gasteiger partial charge in [-0.2, -0.15) is 0 Å². The monoisotopic (exact) mass is 721 g/mol. The molecule has 0 radical (unpaired) electrons. The summed E-state index contributed by atoms with van der Waals surface area (Å²) in [6, 6.07) is 9.63. The predicted octanol–water partition coefficient (Wildman–Crippen LogP) is 5.54. The molecule has 4 fully saturated rings. The molecule has 3 saturated heterocycles. The number of likely N-dealkylation sites (tertiary alicyclic amines) is 1. The lowest BCUT2D eigenvalue weighted by atomic mass is 9.75. The van der Waals surface area contributed by atoms with Crippen LogP contribution in [0.4, 0.5) is 19.3 Å². The number of nitrogens with one attached hydrogen (secondary N) is 1. The quantitative estimate of drug-likeness (QED) is 0.180. The van der Waals surface area contributed by atoms with Crippen LogP contribution in [0.2, 0.25) is 0 Å². The van der Waals surface area contributed by atoms with E-state index in [1.54, 1.807) is 47.1 Å². The number of imide groups is 1. The zero-order chi connectivity index (χ0) is 31.9. The van der Waals surface area contributed by atoms with Crippen LogP contribution in [0.25, 0.3) is 10.9 Å². The van der Waals surface area contributed by atoms with Crippen LogP contribution >= 0.6 is 22.9 Å². The minimum atomic E-state index is -1.04. The number of halogens is 3. The van der Waals surface area contributed by atoms with Crippen molar-refractivity contribution in [2.75, 3.05) is 24.5 Å². The number of urea groups is 1. The highest BCUT2D eigenvalue weighted by atomic mass is 127. The normalized spacial score (nSPS) is 25.5. The fourth-order valence-electron chi connectivity index (χ4n) is 6.76. The lowest BCUT2D eigenvalue weighted by molar-refractivity contribution is -0.120. The van der Waals surface area contributed by atoms with Gasteiger partial charge in [0.15, 0.2) is 0 Å². The number of fused-ring (bicyclic) bond motifs is 2. The molecule has 2 atom stereocenters. The van der Waals surface area contributed by atoms with Crippen molar-refractivity contribution in [1.82, 2.24) is 15.2 Å². The Bertz CT molecular complexity index is 1590. The number of hydrogen-bond acceptors (Lipinski definition) is 7. The van der Waals surface area contributed by atoms with E-state index < -0.39 is 28.7 Å². The number of hydrogen-bond donors (Lipinski definition) is 3. The van der Waals surface area contributed by atoms with Crippen molar-refractivity contribution >= 4 is 51.4 Å². The summed E-state index contributed by atoms with van der Waals surface area (Å²) in [6.07, 6.45) is 4.31. The number of nitrogens with zero attached hydrogens (tertiary/aromatic N) is 3. The Hall–Kier alpha value is -2.78. The maximum atomic E-state index is 16.1. The van der Waals surface area contributed by atoms with E-state index in [0.717, 1.165) is 12.0 Å². The highest BCUT2D eigenvalue weighted by molar-refractivity contribution is 14.1. The summed E-state index contributed by atoms with van der Waals surface area (Å²) in [6.45, 7) is 7.90. The van der Waals surface area contributed by atoms with Gasteiger partial charge in [0.25, 0.3) is 0 Å². The van der Waals surface area contributed by atoms with Crippen molar-refractivity contribution in [2.24, 2.45) is 3.95 Å². The van der Waals surface area contributed by atoms with Gasteiger partial charge in [0, 0.05) is 72.0 Å². The van der Waals surface area contributed by atoms with E-state index in [0.29, 0.717) is 61.2 Å². The van der Waals surface area contributed by atoms with Gasteiger partial charge < -0.3 is 9.84 Å². The number of aliphatic hydroxyl groups is 1. The maximum Gasteiger partial charge on any atom is 0.328 e. The molecule has 0 spiro atoms. The van der Waals surface area contributed by atoms with Gasteiger partial charge in [0.05, 0.1) is 23.0 Å². The van der Waals surface area contributed by atoms with Crippen molar-refractivity contribution in [3.05, 3.63) is 70.9 Å². The third kappa shape index (κ3) is 5.59. The number of anilines is 1. The SMILES string of the molecule is CC.CC12CN(Cc3ccc(C4(O)CCC4)c(F)c3)CCC1(c1ccc3ncc(N4CCC(=O)NC4=O)cc3c1F)O2.NI. The average Bonchev–Trinajstić information content (AvgIpc) is 3.64. The van der Waals surface area contributed by atoms with Gasteiger partial charge in [-0.15, -0.1) is 0 Å². The van der Waals surface area contributed by atoms with E-state index in [-0.39, 0.29) is 30.1 Å². The summed E-state index contributed by atoms with van der Waals surface area (Å²) >= 11 is 1.65. The third-order valence-corrected chi connectivity index (χ3v) is 9.22. The van der Waals surface area contributed by atoms with Crippen molar-refractivity contribution < 1.29 is 28.2 Å². The van der Waals surface area contributed by atoms with Gasteiger partial charge in [-0.1, -0.05) is 32.0 Å². The van der Waals surface area contributed by atoms with Gasteiger partial charge in [0.1, 0.15) is 22.8 Å². The van der Waals surface area contributed by atoms with Crippen molar-refractivity contribution in [3.8, 4) is 0 Å². The maximum absolute atomic E-state index is 16.1. The van der Waals surface area contributed by atoms with Crippen molar-refractivity contribution in [1.29, 1.82) is 0 Å². The Morgan fingerprint density at radius 3 is 2.43 bits per heavy atom. The van der Waals surface area contributed by atoms with E-state index in [4.69, 9.17) is 4.74 Å². The Kier molecular flexibility index (Phi) is 9.30. The summed E-state index contributed by atoms with van der Waals surface area (Å²) in [4.78, 5) is 31.8. The number of epoxide rings is 1. The van der Waals surface area contributed by atoms with Gasteiger partial charge in [0.2, 0.25) is 5.91 Å². The summed E-state index contributed by atoms with van der Waals surface area (Å²) in [5.74, 6) is -1.14. The number of aromatic nitrogens is 1. The number of nitrogens with two attached hydrogens (primary N) is 1. The third-order valence-electron chi connectivity index (χ3n) is 9.22. The van der Waals surface area contributed by atoms with Gasteiger partial charge in [-0.05, 0) is 56.4 Å². The number of carbonyl (C=O) groups excluding carboxylic acids is 2. The van der Waals surface area contributed by atoms with Crippen LogP contribution in [0, 0.1) is 11.6 Å². The number of piperidine rings is 1. The lowest BCUT2D eigenvalue weighted by Gasteiger charge is -2.37. The minimum absolute atomic E-state index is 0.164. The summed E-state index contributed by atoms with van der Waals surface area (Å²) in [5, 5.41) is 13.1. The van der Waals surface area contributed by atoms with Crippen LogP contribution < -0.4 is 14.2 Å². The Labute approximate surface area is 269 Å². The molecule has 1 aromatic heterocycles. The van der Waals surface area contributed by atoms with Crippen LogP contribution in [-0.4, -0.2) is 52.2 Å². The molecule has 12 heteroatoms. The molecule has 4 N–H and O–H groups in total. The number of carbonyl (C=O) groups is 2. The van der Waals surface area contributed by atoms with Gasteiger partial charge >= 0.3 is 6.03 Å². The highest BCUT2D eigenvalue weighted by Gasteiger charge is 2.70. The standard InChI is InChI=1S/C30H30F2N4O4.C2H6.H2IN/c1-28-17-35(16-18-3-4-21(23(31)13-18)29(39)8-2-9-29)12-10-30(28,40-28)22-5-6-24-20(26(22)32)14-19(15-33-24)36-11-7-25(37)34-27(36)38;2*1-2/h3-6,13-15,39H,2,7-12,16-17H2,1H3,(H,34,37,38);1-2H3;2H2. The van der Waals surface area contributed by atoms with Crippen LogP contribution in [-0.2, 0) is 27.3 Å². The largest absolute Gasteiger partial charge is 0.385 e. The topological polar surface area (TPSA) is 124 Å². The number of benzene rings is 2. The molecule has 2 aromatic carbocycles. The first-order valence-corrected chi connectivity index (χ1v) is 16.2. The molecule has 236 valence electrons. The first-order valence-electron chi connectivity index (χ1n) is 15.0. The predicted molar refractivity (Wildman–Crippen MR) is 172 cm³/mol. The minimum Gasteiger partial charge on any atom is -0.385 e. The number of amides is 3. The lowest BCUT2D eigenvalue weighted by Crippen LogP contribution is -2.49. The van der Waals surface area contributed by atoms with E-state index in [2.05, 4.69) is 19.1 Å². The zero-order valence-corrected chi connectivity index (χ0v) is 27.3. The van der Waals surface area contributed by atoms with Crippen LogP contribution in [0.5, 0.6) is 0 Å². The van der Waals surface area contributed by atoms with Crippen molar-refractivity contribution in [2.45, 2.75) is 76.2 Å². The molecule has 7 rings (SSSR count). The first kappa shape index (κ1) is 32.6. The number of pyridine rings is 1. The molecule has 1 aliphatic carbocycles. The fourth-order valence-corrected chi connectivity index (χ4v) is 6.76. The molecule has 0 bridgehead atoms.